The Kier molecular flexibility index (Phi) is 4.24. The number of aromatic amines is 1. The summed E-state index contributed by atoms with van der Waals surface area (Å²) < 4.78 is 15.4. The fraction of sp³-hybridized carbons (Fsp3) is 0.176. The van der Waals surface area contributed by atoms with E-state index in [9.17, 15) is 4.79 Å². The second-order valence-corrected chi connectivity index (χ2v) is 4.97. The number of hydrogen-bond donors (Lipinski definition) is 2. The lowest BCUT2D eigenvalue weighted by molar-refractivity contribution is 0.0602. The third-order valence-corrected chi connectivity index (χ3v) is 3.57. The molecule has 124 valence electrons. The molecule has 24 heavy (non-hydrogen) atoms. The second-order valence-electron chi connectivity index (χ2n) is 4.97. The number of para-hydroxylation sites is 1. The van der Waals surface area contributed by atoms with Gasteiger partial charge in [-0.15, -0.1) is 0 Å². The minimum atomic E-state index is -0.419. The molecule has 1 aromatic heterocycles. The number of methoxy groups -OCH3 is 3. The van der Waals surface area contributed by atoms with Crippen LogP contribution >= 0.6 is 0 Å². The van der Waals surface area contributed by atoms with Crippen LogP contribution in [-0.4, -0.2) is 37.3 Å². The van der Waals surface area contributed by atoms with Crippen LogP contribution in [0.1, 0.15) is 10.4 Å². The van der Waals surface area contributed by atoms with E-state index in [1.807, 2.05) is 6.07 Å². The van der Waals surface area contributed by atoms with Crippen molar-refractivity contribution in [3.05, 3.63) is 42.0 Å². The van der Waals surface area contributed by atoms with Crippen LogP contribution in [-0.2, 0) is 4.74 Å². The first kappa shape index (κ1) is 15.7. The van der Waals surface area contributed by atoms with Crippen LogP contribution in [0.4, 0.5) is 11.6 Å². The predicted molar refractivity (Wildman–Crippen MR) is 90.3 cm³/mol. The van der Waals surface area contributed by atoms with Crippen molar-refractivity contribution in [1.82, 2.24) is 9.97 Å². The summed E-state index contributed by atoms with van der Waals surface area (Å²) in [6, 6.07) is 10.6. The van der Waals surface area contributed by atoms with Crippen molar-refractivity contribution in [2.24, 2.45) is 0 Å². The van der Waals surface area contributed by atoms with E-state index < -0.39 is 5.97 Å². The number of aromatic nitrogens is 2. The van der Waals surface area contributed by atoms with E-state index in [0.717, 1.165) is 5.52 Å². The van der Waals surface area contributed by atoms with E-state index in [1.165, 1.54) is 7.11 Å². The summed E-state index contributed by atoms with van der Waals surface area (Å²) in [5.41, 5.74) is 2.52. The summed E-state index contributed by atoms with van der Waals surface area (Å²) in [6.45, 7) is 0. The van der Waals surface area contributed by atoms with Gasteiger partial charge in [-0.05, 0) is 12.1 Å². The van der Waals surface area contributed by atoms with Gasteiger partial charge >= 0.3 is 5.97 Å². The van der Waals surface area contributed by atoms with Gasteiger partial charge in [-0.2, -0.15) is 0 Å². The number of rotatable bonds is 5. The average molecular weight is 327 g/mol. The summed E-state index contributed by atoms with van der Waals surface area (Å²) >= 11 is 0. The van der Waals surface area contributed by atoms with Crippen LogP contribution in [0, 0.1) is 0 Å². The number of H-pyrrole nitrogens is 1. The van der Waals surface area contributed by atoms with Gasteiger partial charge in [0.25, 0.3) is 0 Å². The molecule has 0 bridgehead atoms. The van der Waals surface area contributed by atoms with Crippen molar-refractivity contribution in [3.8, 4) is 11.5 Å². The fourth-order valence-electron chi connectivity index (χ4n) is 2.40. The molecule has 0 fully saturated rings. The van der Waals surface area contributed by atoms with Gasteiger partial charge in [0.05, 0.1) is 43.6 Å². The van der Waals surface area contributed by atoms with Crippen LogP contribution in [0.5, 0.6) is 11.5 Å². The third-order valence-electron chi connectivity index (χ3n) is 3.57. The maximum atomic E-state index is 11.8. The van der Waals surface area contributed by atoms with Gasteiger partial charge in [0.1, 0.15) is 0 Å². The molecular formula is C17H17N3O4. The van der Waals surface area contributed by atoms with Crippen molar-refractivity contribution >= 4 is 28.6 Å². The van der Waals surface area contributed by atoms with Gasteiger partial charge in [-0.1, -0.05) is 12.1 Å². The number of anilines is 2. The van der Waals surface area contributed by atoms with Crippen molar-refractivity contribution in [2.45, 2.75) is 0 Å². The predicted octanol–water partition coefficient (Wildman–Crippen LogP) is 3.11. The molecule has 3 rings (SSSR count). The first-order chi connectivity index (χ1) is 11.7. The molecule has 0 saturated carbocycles. The largest absolute Gasteiger partial charge is 0.493 e. The SMILES string of the molecule is COC(=O)c1ccccc1Nc1nc2cc(OC)c(OC)cc2[nH]1. The quantitative estimate of drug-likeness (QED) is 0.700. The minimum Gasteiger partial charge on any atom is -0.493 e. The summed E-state index contributed by atoms with van der Waals surface area (Å²) in [4.78, 5) is 19.4. The number of nitrogens with one attached hydrogen (secondary N) is 2. The molecule has 7 heteroatoms. The van der Waals surface area contributed by atoms with Crippen LogP contribution in [0.3, 0.4) is 0 Å². The van der Waals surface area contributed by atoms with Crippen LogP contribution in [0.25, 0.3) is 11.0 Å². The van der Waals surface area contributed by atoms with E-state index in [1.54, 1.807) is 44.6 Å². The lowest BCUT2D eigenvalue weighted by atomic mass is 10.2. The molecule has 0 aliphatic heterocycles. The fourth-order valence-corrected chi connectivity index (χ4v) is 2.40. The van der Waals surface area contributed by atoms with Gasteiger partial charge in [0.15, 0.2) is 11.5 Å². The molecule has 0 saturated heterocycles. The molecular weight excluding hydrogens is 310 g/mol. The van der Waals surface area contributed by atoms with Crippen molar-refractivity contribution in [3.63, 3.8) is 0 Å². The van der Waals surface area contributed by atoms with Crippen LogP contribution < -0.4 is 14.8 Å². The highest BCUT2D eigenvalue weighted by molar-refractivity contribution is 5.96. The van der Waals surface area contributed by atoms with Gasteiger partial charge in [-0.25, -0.2) is 9.78 Å². The molecule has 0 amide bonds. The first-order valence-electron chi connectivity index (χ1n) is 7.22. The second kappa shape index (κ2) is 6.49. The Hall–Kier alpha value is -3.22. The zero-order valence-corrected chi connectivity index (χ0v) is 13.5. The maximum absolute atomic E-state index is 11.8. The van der Waals surface area contributed by atoms with E-state index in [2.05, 4.69) is 15.3 Å². The zero-order valence-electron chi connectivity index (χ0n) is 13.5. The molecule has 7 nitrogen and oxygen atoms in total. The molecule has 0 aliphatic rings. The van der Waals surface area contributed by atoms with Gasteiger partial charge in [0, 0.05) is 12.1 Å². The number of nitrogens with zero attached hydrogens (tertiary/aromatic N) is 1. The molecule has 0 radical (unpaired) electrons. The standard InChI is InChI=1S/C17H17N3O4/c1-22-14-8-12-13(9-15(14)23-2)20-17(19-12)18-11-7-5-4-6-10(11)16(21)24-3/h4-9H,1-3H3,(H2,18,19,20). The summed E-state index contributed by atoms with van der Waals surface area (Å²) in [6.07, 6.45) is 0. The van der Waals surface area contributed by atoms with E-state index >= 15 is 0 Å². The molecule has 0 unspecified atom stereocenters. The van der Waals surface area contributed by atoms with Crippen molar-refractivity contribution < 1.29 is 19.0 Å². The van der Waals surface area contributed by atoms with E-state index in [4.69, 9.17) is 14.2 Å². The number of esters is 1. The Morgan fingerprint density at radius 3 is 2.50 bits per heavy atom. The minimum absolute atomic E-state index is 0.419. The van der Waals surface area contributed by atoms with Gasteiger partial charge < -0.3 is 24.5 Å². The van der Waals surface area contributed by atoms with E-state index in [0.29, 0.717) is 34.2 Å². The van der Waals surface area contributed by atoms with Gasteiger partial charge in [-0.3, -0.25) is 0 Å². The summed E-state index contributed by atoms with van der Waals surface area (Å²) in [7, 11) is 4.49. The number of imidazole rings is 1. The van der Waals surface area contributed by atoms with Crippen molar-refractivity contribution in [1.29, 1.82) is 0 Å². The first-order valence-corrected chi connectivity index (χ1v) is 7.22. The molecule has 3 aromatic rings. The van der Waals surface area contributed by atoms with Crippen LogP contribution in [0.15, 0.2) is 36.4 Å². The monoisotopic (exact) mass is 327 g/mol. The topological polar surface area (TPSA) is 85.5 Å². The van der Waals surface area contributed by atoms with E-state index in [-0.39, 0.29) is 0 Å². The average Bonchev–Trinajstić information content (AvgIpc) is 3.01. The Morgan fingerprint density at radius 1 is 1.08 bits per heavy atom. The molecule has 2 aromatic carbocycles. The Balaban J connectivity index is 1.98. The summed E-state index contributed by atoms with van der Waals surface area (Å²) in [5.74, 6) is 1.28. The normalized spacial score (nSPS) is 10.5. The molecule has 0 atom stereocenters. The Bertz CT molecular complexity index is 848. The highest BCUT2D eigenvalue weighted by Crippen LogP contribution is 2.32. The zero-order chi connectivity index (χ0) is 17.1. The highest BCUT2D eigenvalue weighted by atomic mass is 16.5. The smallest absolute Gasteiger partial charge is 0.339 e. The number of ether oxygens (including phenoxy) is 3. The number of benzene rings is 2. The molecule has 0 aliphatic carbocycles. The Labute approximate surface area is 138 Å². The van der Waals surface area contributed by atoms with Crippen molar-refractivity contribution in [2.75, 3.05) is 26.6 Å². The Morgan fingerprint density at radius 2 is 1.79 bits per heavy atom. The van der Waals surface area contributed by atoms with Crippen LogP contribution in [0.2, 0.25) is 0 Å². The lowest BCUT2D eigenvalue weighted by Crippen LogP contribution is -2.05. The third kappa shape index (κ3) is 2.83. The highest BCUT2D eigenvalue weighted by Gasteiger charge is 2.14. The van der Waals surface area contributed by atoms with Gasteiger partial charge in [0.2, 0.25) is 5.95 Å². The summed E-state index contributed by atoms with van der Waals surface area (Å²) in [5, 5.41) is 3.10. The number of carbonyl (C=O) groups excluding carboxylic acids is 1. The molecule has 2 N–H and O–H groups in total. The lowest BCUT2D eigenvalue weighted by Gasteiger charge is -2.07. The number of fused-ring (bicyclic) bond motifs is 1. The molecule has 0 spiro atoms. The number of carbonyl (C=O) groups is 1. The number of hydrogen-bond acceptors (Lipinski definition) is 6. The maximum Gasteiger partial charge on any atom is 0.339 e. The molecule has 1 heterocycles.